The first-order valence-corrected chi connectivity index (χ1v) is 9.11. The SMILES string of the molecule is O=C(C[C@@H]1C=CCC1)Nn1cnc2scc(-c3ccccc3)c2c1=O. The molecule has 0 saturated heterocycles. The number of nitrogens with zero attached hydrogens (tertiary/aromatic N) is 2. The highest BCUT2D eigenvalue weighted by atomic mass is 32.1. The van der Waals surface area contributed by atoms with Crippen molar-refractivity contribution in [2.24, 2.45) is 5.92 Å². The van der Waals surface area contributed by atoms with Crippen LogP contribution in [-0.4, -0.2) is 15.6 Å². The molecule has 1 N–H and O–H groups in total. The molecule has 1 amide bonds. The lowest BCUT2D eigenvalue weighted by Crippen LogP contribution is -2.33. The fourth-order valence-electron chi connectivity index (χ4n) is 3.13. The van der Waals surface area contributed by atoms with Crippen LogP contribution in [0.1, 0.15) is 19.3 Å². The Morgan fingerprint density at radius 1 is 1.32 bits per heavy atom. The number of hydrogen-bond acceptors (Lipinski definition) is 4. The molecule has 0 fully saturated rings. The number of aromatic nitrogens is 2. The average molecular weight is 351 g/mol. The molecule has 4 rings (SSSR count). The zero-order valence-corrected chi connectivity index (χ0v) is 14.3. The Bertz CT molecular complexity index is 1000. The first-order chi connectivity index (χ1) is 12.2. The van der Waals surface area contributed by atoms with Crippen LogP contribution >= 0.6 is 11.3 Å². The van der Waals surface area contributed by atoms with Gasteiger partial charge < -0.3 is 0 Å². The minimum atomic E-state index is -0.250. The first-order valence-electron chi connectivity index (χ1n) is 8.23. The van der Waals surface area contributed by atoms with Crippen LogP contribution in [0.15, 0.2) is 59.0 Å². The molecule has 25 heavy (non-hydrogen) atoms. The quantitative estimate of drug-likeness (QED) is 0.731. The number of benzene rings is 1. The normalized spacial score (nSPS) is 16.4. The summed E-state index contributed by atoms with van der Waals surface area (Å²) in [4.78, 5) is 30.1. The molecule has 0 unspecified atom stereocenters. The van der Waals surface area contributed by atoms with E-state index in [1.165, 1.54) is 22.3 Å². The fourth-order valence-corrected chi connectivity index (χ4v) is 4.03. The molecule has 0 radical (unpaired) electrons. The van der Waals surface area contributed by atoms with Gasteiger partial charge in [0.1, 0.15) is 11.2 Å². The Morgan fingerprint density at radius 2 is 2.16 bits per heavy atom. The summed E-state index contributed by atoms with van der Waals surface area (Å²) in [6.07, 6.45) is 7.93. The van der Waals surface area contributed by atoms with Gasteiger partial charge >= 0.3 is 0 Å². The van der Waals surface area contributed by atoms with E-state index in [0.29, 0.717) is 16.6 Å². The minimum Gasteiger partial charge on any atom is -0.273 e. The molecular formula is C19H17N3O2S. The molecular weight excluding hydrogens is 334 g/mol. The van der Waals surface area contributed by atoms with Gasteiger partial charge in [-0.15, -0.1) is 11.3 Å². The second kappa shape index (κ2) is 6.64. The van der Waals surface area contributed by atoms with Crippen LogP contribution in [0.2, 0.25) is 0 Å². The van der Waals surface area contributed by atoms with E-state index in [2.05, 4.69) is 22.6 Å². The number of amides is 1. The Kier molecular flexibility index (Phi) is 4.19. The van der Waals surface area contributed by atoms with Crippen molar-refractivity contribution in [3.8, 4) is 11.1 Å². The van der Waals surface area contributed by atoms with Crippen LogP contribution in [0.3, 0.4) is 0 Å². The van der Waals surface area contributed by atoms with Crippen LogP contribution in [0.5, 0.6) is 0 Å². The van der Waals surface area contributed by atoms with Crippen molar-refractivity contribution in [3.63, 3.8) is 0 Å². The molecule has 126 valence electrons. The van der Waals surface area contributed by atoms with E-state index in [4.69, 9.17) is 0 Å². The third-order valence-electron chi connectivity index (χ3n) is 4.38. The highest BCUT2D eigenvalue weighted by Crippen LogP contribution is 2.30. The van der Waals surface area contributed by atoms with E-state index < -0.39 is 0 Å². The number of thiophene rings is 1. The van der Waals surface area contributed by atoms with Crippen molar-refractivity contribution in [1.29, 1.82) is 0 Å². The van der Waals surface area contributed by atoms with Crippen LogP contribution < -0.4 is 11.0 Å². The van der Waals surface area contributed by atoms with Gasteiger partial charge in [-0.25, -0.2) is 9.66 Å². The van der Waals surface area contributed by atoms with E-state index in [1.54, 1.807) is 0 Å². The number of hydrogen-bond donors (Lipinski definition) is 1. The minimum absolute atomic E-state index is 0.170. The molecule has 1 aromatic carbocycles. The van der Waals surface area contributed by atoms with Gasteiger partial charge in [0.2, 0.25) is 5.91 Å². The monoisotopic (exact) mass is 351 g/mol. The lowest BCUT2D eigenvalue weighted by atomic mass is 10.1. The van der Waals surface area contributed by atoms with Crippen molar-refractivity contribution in [1.82, 2.24) is 9.66 Å². The lowest BCUT2D eigenvalue weighted by molar-refractivity contribution is -0.117. The molecule has 1 atom stereocenters. The van der Waals surface area contributed by atoms with Gasteiger partial charge in [-0.1, -0.05) is 42.5 Å². The van der Waals surface area contributed by atoms with Crippen molar-refractivity contribution in [3.05, 3.63) is 64.5 Å². The van der Waals surface area contributed by atoms with E-state index in [-0.39, 0.29) is 17.4 Å². The van der Waals surface area contributed by atoms with E-state index in [1.807, 2.05) is 35.7 Å². The van der Waals surface area contributed by atoms with Crippen LogP contribution in [-0.2, 0) is 4.79 Å². The predicted octanol–water partition coefficient (Wildman–Crippen LogP) is 3.55. The van der Waals surface area contributed by atoms with Gasteiger partial charge in [0.05, 0.1) is 5.39 Å². The molecule has 0 aliphatic heterocycles. The number of carbonyl (C=O) groups is 1. The van der Waals surface area contributed by atoms with E-state index in [9.17, 15) is 9.59 Å². The first kappa shape index (κ1) is 15.8. The maximum atomic E-state index is 12.9. The molecule has 3 aromatic rings. The highest BCUT2D eigenvalue weighted by molar-refractivity contribution is 7.17. The number of allylic oxidation sites excluding steroid dienone is 2. The van der Waals surface area contributed by atoms with Crippen LogP contribution in [0.4, 0.5) is 0 Å². The smallest absolute Gasteiger partial charge is 0.273 e. The topological polar surface area (TPSA) is 64.0 Å². The maximum Gasteiger partial charge on any atom is 0.281 e. The van der Waals surface area contributed by atoms with Gasteiger partial charge in [-0.2, -0.15) is 0 Å². The summed E-state index contributed by atoms with van der Waals surface area (Å²) in [5.41, 5.74) is 4.23. The van der Waals surface area contributed by atoms with Crippen molar-refractivity contribution in [2.45, 2.75) is 19.3 Å². The van der Waals surface area contributed by atoms with Gasteiger partial charge in [0, 0.05) is 17.4 Å². The van der Waals surface area contributed by atoms with E-state index in [0.717, 1.165) is 24.0 Å². The summed E-state index contributed by atoms with van der Waals surface area (Å²) in [7, 11) is 0. The average Bonchev–Trinajstić information content (AvgIpc) is 3.28. The molecule has 2 aromatic heterocycles. The van der Waals surface area contributed by atoms with Crippen molar-refractivity contribution in [2.75, 3.05) is 5.43 Å². The van der Waals surface area contributed by atoms with Gasteiger partial charge in [0.25, 0.3) is 5.56 Å². The van der Waals surface area contributed by atoms with Crippen LogP contribution in [0, 0.1) is 5.92 Å². The molecule has 0 spiro atoms. The number of nitrogens with one attached hydrogen (secondary N) is 1. The Balaban J connectivity index is 1.66. The summed E-state index contributed by atoms with van der Waals surface area (Å²) in [5.74, 6) is 0.0877. The summed E-state index contributed by atoms with van der Waals surface area (Å²) >= 11 is 1.43. The Morgan fingerprint density at radius 3 is 2.92 bits per heavy atom. The molecule has 6 heteroatoms. The second-order valence-electron chi connectivity index (χ2n) is 6.12. The van der Waals surface area contributed by atoms with Gasteiger partial charge in [-0.3, -0.25) is 15.0 Å². The number of fused-ring (bicyclic) bond motifs is 1. The summed E-state index contributed by atoms with van der Waals surface area (Å²) < 4.78 is 1.20. The number of carbonyl (C=O) groups excluding carboxylic acids is 1. The molecule has 2 heterocycles. The largest absolute Gasteiger partial charge is 0.281 e. The molecule has 0 bridgehead atoms. The third kappa shape index (κ3) is 3.13. The van der Waals surface area contributed by atoms with Crippen LogP contribution in [0.25, 0.3) is 21.3 Å². The fraction of sp³-hybridized carbons (Fsp3) is 0.211. The maximum absolute atomic E-state index is 12.9. The predicted molar refractivity (Wildman–Crippen MR) is 100 cm³/mol. The lowest BCUT2D eigenvalue weighted by Gasteiger charge is -2.10. The zero-order chi connectivity index (χ0) is 17.2. The van der Waals surface area contributed by atoms with Gasteiger partial charge in [-0.05, 0) is 24.3 Å². The number of rotatable bonds is 4. The second-order valence-corrected chi connectivity index (χ2v) is 6.98. The van der Waals surface area contributed by atoms with Gasteiger partial charge in [0.15, 0.2) is 0 Å². The summed E-state index contributed by atoms with van der Waals surface area (Å²) in [6.45, 7) is 0. The molecule has 1 aliphatic carbocycles. The Labute approximate surface area is 148 Å². The molecule has 1 aliphatic rings. The standard InChI is InChI=1S/C19H17N3O2S/c23-16(10-13-6-4-5-7-13)21-22-12-20-18-17(19(22)24)15(11-25-18)14-8-2-1-3-9-14/h1-4,6,8-9,11-13H,5,7,10H2,(H,21,23)/t13-/m1/s1. The van der Waals surface area contributed by atoms with E-state index >= 15 is 0 Å². The highest BCUT2D eigenvalue weighted by Gasteiger charge is 2.17. The van der Waals surface area contributed by atoms with Crippen molar-refractivity contribution < 1.29 is 4.79 Å². The van der Waals surface area contributed by atoms with Crippen molar-refractivity contribution >= 4 is 27.5 Å². The molecule has 5 nitrogen and oxygen atoms in total. The Hall–Kier alpha value is -2.73. The summed E-state index contributed by atoms with van der Waals surface area (Å²) in [6, 6.07) is 9.73. The summed E-state index contributed by atoms with van der Waals surface area (Å²) in [5, 5.41) is 2.48. The molecule has 0 saturated carbocycles. The zero-order valence-electron chi connectivity index (χ0n) is 13.5. The third-order valence-corrected chi connectivity index (χ3v) is 5.27.